The number of nitrogens with zero attached hydrogens (tertiary/aromatic N) is 1. The van der Waals surface area contributed by atoms with Gasteiger partial charge in [-0.2, -0.15) is 0 Å². The summed E-state index contributed by atoms with van der Waals surface area (Å²) in [6.45, 7) is 4.88. The molecule has 1 spiro atoms. The highest BCUT2D eigenvalue weighted by molar-refractivity contribution is 7.25. The van der Waals surface area contributed by atoms with Gasteiger partial charge in [-0.3, -0.25) is 0 Å². The maximum atomic E-state index is 2.63. The van der Waals surface area contributed by atoms with Crippen molar-refractivity contribution in [2.45, 2.75) is 56.8 Å². The summed E-state index contributed by atoms with van der Waals surface area (Å²) < 4.78 is 5.16. The summed E-state index contributed by atoms with van der Waals surface area (Å²) in [5.41, 5.74) is 18.2. The highest BCUT2D eigenvalue weighted by Gasteiger charge is 2.46. The van der Waals surface area contributed by atoms with Crippen LogP contribution < -0.4 is 0 Å². The van der Waals surface area contributed by atoms with Crippen molar-refractivity contribution in [1.82, 2.24) is 4.57 Å². The first-order valence-corrected chi connectivity index (χ1v) is 20.2. The second-order valence-electron chi connectivity index (χ2n) is 16.4. The Morgan fingerprint density at radius 2 is 1.11 bits per heavy atom. The van der Waals surface area contributed by atoms with Gasteiger partial charge in [0.2, 0.25) is 0 Å². The highest BCUT2D eigenvalue weighted by atomic mass is 32.1. The van der Waals surface area contributed by atoms with Crippen LogP contribution in [0.4, 0.5) is 0 Å². The van der Waals surface area contributed by atoms with E-state index >= 15 is 0 Å². The molecule has 12 rings (SSSR count). The van der Waals surface area contributed by atoms with Gasteiger partial charge in [0.05, 0.1) is 11.0 Å². The lowest BCUT2D eigenvalue weighted by Gasteiger charge is -2.36. The summed E-state index contributed by atoms with van der Waals surface area (Å²) in [4.78, 5) is 0. The van der Waals surface area contributed by atoms with E-state index in [2.05, 4.69) is 158 Å². The standard InChI is InChI=1S/C51H39NS/c1-50(2)43-26-31(18-21-35(43)39-30-45-40(29-44(39)50)34-12-4-7-15-42(34)51(45)24-10-3-11-25-51)32-19-22-37-36-13-5-8-16-46(36)52(47(37)27-32)33-20-23-49-41(28-33)38-14-6-9-17-48(38)53-49/h4-9,12-23,26-30H,3,10-11,24-25H2,1-2H3. The van der Waals surface area contributed by atoms with Crippen molar-refractivity contribution in [1.29, 1.82) is 0 Å². The van der Waals surface area contributed by atoms with Crippen LogP contribution in [0.25, 0.3) is 81.0 Å². The first-order valence-electron chi connectivity index (χ1n) is 19.4. The van der Waals surface area contributed by atoms with E-state index in [0.29, 0.717) is 0 Å². The van der Waals surface area contributed by atoms with Crippen LogP contribution in [0.3, 0.4) is 0 Å². The Balaban J connectivity index is 1.02. The Morgan fingerprint density at radius 1 is 0.453 bits per heavy atom. The van der Waals surface area contributed by atoms with Gasteiger partial charge in [0, 0.05) is 47.5 Å². The van der Waals surface area contributed by atoms with Crippen molar-refractivity contribution in [2.24, 2.45) is 0 Å². The Morgan fingerprint density at radius 3 is 2.02 bits per heavy atom. The summed E-state index contributed by atoms with van der Waals surface area (Å²) in [5, 5.41) is 5.25. The second kappa shape index (κ2) is 10.6. The highest BCUT2D eigenvalue weighted by Crippen LogP contribution is 2.60. The normalized spacial score (nSPS) is 16.4. The van der Waals surface area contributed by atoms with Crippen LogP contribution >= 0.6 is 11.3 Å². The molecule has 1 fully saturated rings. The Hall–Kier alpha value is -5.44. The van der Waals surface area contributed by atoms with Gasteiger partial charge in [0.1, 0.15) is 0 Å². The van der Waals surface area contributed by atoms with Gasteiger partial charge in [-0.15, -0.1) is 11.3 Å². The lowest BCUT2D eigenvalue weighted by Crippen LogP contribution is -2.28. The van der Waals surface area contributed by atoms with E-state index in [1.807, 2.05) is 11.3 Å². The zero-order valence-corrected chi connectivity index (χ0v) is 31.0. The maximum absolute atomic E-state index is 2.63. The Bertz CT molecular complexity index is 3020. The molecule has 2 heterocycles. The average Bonchev–Trinajstić information content (AvgIpc) is 3.88. The third-order valence-electron chi connectivity index (χ3n) is 13.4. The molecule has 7 aromatic carbocycles. The molecule has 53 heavy (non-hydrogen) atoms. The molecule has 0 unspecified atom stereocenters. The molecule has 3 aliphatic rings. The van der Waals surface area contributed by atoms with Crippen LogP contribution in [0.2, 0.25) is 0 Å². The number of benzene rings is 7. The van der Waals surface area contributed by atoms with Gasteiger partial charge in [-0.05, 0) is 123 Å². The molecule has 0 atom stereocenters. The number of aromatic nitrogens is 1. The van der Waals surface area contributed by atoms with Crippen molar-refractivity contribution in [3.05, 3.63) is 162 Å². The molecule has 0 amide bonds. The van der Waals surface area contributed by atoms with Gasteiger partial charge in [-0.25, -0.2) is 0 Å². The predicted octanol–water partition coefficient (Wildman–Crippen LogP) is 14.4. The van der Waals surface area contributed by atoms with Crippen molar-refractivity contribution in [2.75, 3.05) is 0 Å². The fourth-order valence-corrected chi connectivity index (χ4v) is 11.9. The van der Waals surface area contributed by atoms with E-state index in [4.69, 9.17) is 0 Å². The van der Waals surface area contributed by atoms with Crippen LogP contribution in [0.15, 0.2) is 140 Å². The minimum Gasteiger partial charge on any atom is -0.309 e. The fourth-order valence-electron chi connectivity index (χ4n) is 10.8. The number of hydrogen-bond donors (Lipinski definition) is 0. The smallest absolute Gasteiger partial charge is 0.0547 e. The first-order chi connectivity index (χ1) is 26.0. The third-order valence-corrected chi connectivity index (χ3v) is 14.5. The molecule has 2 aromatic heterocycles. The average molecular weight is 698 g/mol. The van der Waals surface area contributed by atoms with Crippen LogP contribution in [-0.2, 0) is 10.8 Å². The van der Waals surface area contributed by atoms with Gasteiger partial charge in [0.25, 0.3) is 0 Å². The van der Waals surface area contributed by atoms with Gasteiger partial charge < -0.3 is 4.57 Å². The van der Waals surface area contributed by atoms with Crippen molar-refractivity contribution < 1.29 is 0 Å². The van der Waals surface area contributed by atoms with E-state index < -0.39 is 0 Å². The summed E-state index contributed by atoms with van der Waals surface area (Å²) in [7, 11) is 0. The summed E-state index contributed by atoms with van der Waals surface area (Å²) in [6, 6.07) is 53.6. The third kappa shape index (κ3) is 3.97. The molecule has 0 bridgehead atoms. The number of hydrogen-bond acceptors (Lipinski definition) is 1. The quantitative estimate of drug-likeness (QED) is 0.169. The lowest BCUT2D eigenvalue weighted by atomic mass is 9.67. The van der Waals surface area contributed by atoms with E-state index in [-0.39, 0.29) is 10.8 Å². The molecule has 9 aromatic rings. The maximum Gasteiger partial charge on any atom is 0.0547 e. The van der Waals surface area contributed by atoms with E-state index in [9.17, 15) is 0 Å². The first kappa shape index (κ1) is 30.1. The molecule has 0 aliphatic heterocycles. The molecule has 1 saturated carbocycles. The molecule has 0 radical (unpaired) electrons. The van der Waals surface area contributed by atoms with E-state index in [0.717, 1.165) is 0 Å². The van der Waals surface area contributed by atoms with Crippen LogP contribution in [0.1, 0.15) is 68.2 Å². The Labute approximate surface area is 314 Å². The summed E-state index contributed by atoms with van der Waals surface area (Å²) in [6.07, 6.45) is 6.53. The molecule has 0 saturated heterocycles. The second-order valence-corrected chi connectivity index (χ2v) is 17.5. The fraction of sp³-hybridized carbons (Fsp3) is 0.176. The Kier molecular flexibility index (Phi) is 6.00. The largest absolute Gasteiger partial charge is 0.309 e. The SMILES string of the molecule is CC1(C)c2cc(-c3ccc4c5ccccc5n(-c5ccc6sc7ccccc7c6c5)c4c3)ccc2-c2cc3c(cc21)-c1ccccc1C31CCCCC1. The topological polar surface area (TPSA) is 4.93 Å². The summed E-state index contributed by atoms with van der Waals surface area (Å²) in [5.74, 6) is 0. The monoisotopic (exact) mass is 697 g/mol. The van der Waals surface area contributed by atoms with E-state index in [1.165, 1.54) is 124 Å². The molecule has 1 nitrogen and oxygen atoms in total. The lowest BCUT2D eigenvalue weighted by molar-refractivity contribution is 0.353. The zero-order valence-electron chi connectivity index (χ0n) is 30.2. The molecular formula is C51H39NS. The summed E-state index contributed by atoms with van der Waals surface area (Å²) >= 11 is 1.88. The molecule has 0 N–H and O–H groups in total. The number of thiophene rings is 1. The molecule has 254 valence electrons. The van der Waals surface area contributed by atoms with Crippen LogP contribution in [-0.4, -0.2) is 4.57 Å². The molecule has 3 aliphatic carbocycles. The zero-order chi connectivity index (χ0) is 35.1. The minimum absolute atomic E-state index is 0.0926. The van der Waals surface area contributed by atoms with Gasteiger partial charge in [-0.1, -0.05) is 118 Å². The van der Waals surface area contributed by atoms with Crippen LogP contribution in [0.5, 0.6) is 0 Å². The number of fused-ring (bicyclic) bond motifs is 14. The van der Waals surface area contributed by atoms with E-state index in [1.54, 1.807) is 11.1 Å². The molecular weight excluding hydrogens is 659 g/mol. The van der Waals surface area contributed by atoms with Gasteiger partial charge in [0.15, 0.2) is 0 Å². The van der Waals surface area contributed by atoms with Crippen molar-refractivity contribution in [3.8, 4) is 39.1 Å². The minimum atomic E-state index is -0.0926. The van der Waals surface area contributed by atoms with Crippen LogP contribution in [0, 0.1) is 0 Å². The predicted molar refractivity (Wildman–Crippen MR) is 226 cm³/mol. The molecule has 2 heteroatoms. The van der Waals surface area contributed by atoms with Crippen molar-refractivity contribution in [3.63, 3.8) is 0 Å². The number of rotatable bonds is 2. The number of para-hydroxylation sites is 1. The van der Waals surface area contributed by atoms with Gasteiger partial charge >= 0.3 is 0 Å². The van der Waals surface area contributed by atoms with Crippen molar-refractivity contribution >= 4 is 53.3 Å².